The molecule has 0 radical (unpaired) electrons. The predicted molar refractivity (Wildman–Crippen MR) is 113 cm³/mol. The molecule has 0 spiro atoms. The fraction of sp³-hybridized carbons (Fsp3) is 0.429. The standard InChI is InChI=1S/C21H26N4O2S/c1-14-5-2-3-7-16(14)25-11-9-24(10-12-25)13-18(26)23-21-19(20(22)27)15-6-4-8-17(15)28-21/h2-3,5,7H,4,6,8-13H2,1H3,(H2,22,27)(H,23,26). The summed E-state index contributed by atoms with van der Waals surface area (Å²) in [6.45, 7) is 5.94. The van der Waals surface area contributed by atoms with Gasteiger partial charge in [0, 0.05) is 36.7 Å². The van der Waals surface area contributed by atoms with Gasteiger partial charge in [-0.15, -0.1) is 11.3 Å². The van der Waals surface area contributed by atoms with Crippen molar-refractivity contribution in [2.75, 3.05) is 42.9 Å². The van der Waals surface area contributed by atoms with Gasteiger partial charge in [-0.2, -0.15) is 0 Å². The maximum atomic E-state index is 12.6. The highest BCUT2D eigenvalue weighted by Gasteiger charge is 2.27. The van der Waals surface area contributed by atoms with Crippen LogP contribution in [0.4, 0.5) is 10.7 Å². The number of para-hydroxylation sites is 1. The summed E-state index contributed by atoms with van der Waals surface area (Å²) in [4.78, 5) is 30.2. The zero-order valence-electron chi connectivity index (χ0n) is 16.2. The number of nitrogens with two attached hydrogens (primary N) is 1. The number of carbonyl (C=O) groups excluding carboxylic acids is 2. The maximum Gasteiger partial charge on any atom is 0.251 e. The highest BCUT2D eigenvalue weighted by atomic mass is 32.1. The normalized spacial score (nSPS) is 16.8. The first-order valence-corrected chi connectivity index (χ1v) is 10.6. The number of hydrogen-bond donors (Lipinski definition) is 2. The van der Waals surface area contributed by atoms with Crippen molar-refractivity contribution < 1.29 is 9.59 Å². The second-order valence-corrected chi connectivity index (χ2v) is 8.63. The van der Waals surface area contributed by atoms with E-state index in [0.29, 0.717) is 17.1 Å². The number of primary amides is 1. The molecular formula is C21H26N4O2S. The van der Waals surface area contributed by atoms with Gasteiger partial charge < -0.3 is 16.0 Å². The van der Waals surface area contributed by atoms with E-state index in [1.54, 1.807) is 0 Å². The summed E-state index contributed by atoms with van der Waals surface area (Å²) in [6.07, 6.45) is 2.90. The minimum absolute atomic E-state index is 0.0771. The molecule has 0 atom stereocenters. The molecular weight excluding hydrogens is 372 g/mol. The number of nitrogens with zero attached hydrogens (tertiary/aromatic N) is 2. The van der Waals surface area contributed by atoms with E-state index < -0.39 is 5.91 Å². The second-order valence-electron chi connectivity index (χ2n) is 7.52. The molecule has 1 saturated heterocycles. The van der Waals surface area contributed by atoms with Crippen LogP contribution < -0.4 is 16.0 Å². The van der Waals surface area contributed by atoms with E-state index in [4.69, 9.17) is 5.73 Å². The summed E-state index contributed by atoms with van der Waals surface area (Å²) in [6, 6.07) is 8.40. The summed E-state index contributed by atoms with van der Waals surface area (Å²) in [7, 11) is 0. The van der Waals surface area contributed by atoms with Crippen LogP contribution in [-0.2, 0) is 17.6 Å². The number of rotatable bonds is 5. The third-order valence-electron chi connectivity index (χ3n) is 5.62. The number of benzene rings is 1. The van der Waals surface area contributed by atoms with E-state index in [1.807, 2.05) is 0 Å². The van der Waals surface area contributed by atoms with Crippen LogP contribution in [0.5, 0.6) is 0 Å². The fourth-order valence-corrected chi connectivity index (χ4v) is 5.50. The largest absolute Gasteiger partial charge is 0.369 e. The summed E-state index contributed by atoms with van der Waals surface area (Å²) in [5.41, 5.74) is 9.69. The molecule has 1 aliphatic heterocycles. The van der Waals surface area contributed by atoms with Crippen molar-refractivity contribution in [3.05, 3.63) is 45.8 Å². The fourth-order valence-electron chi connectivity index (χ4n) is 4.19. The molecule has 1 fully saturated rings. The molecule has 2 heterocycles. The van der Waals surface area contributed by atoms with Crippen molar-refractivity contribution in [3.8, 4) is 0 Å². The van der Waals surface area contributed by atoms with Crippen molar-refractivity contribution in [2.45, 2.75) is 26.2 Å². The van der Waals surface area contributed by atoms with Crippen LogP contribution in [0.25, 0.3) is 0 Å². The molecule has 3 N–H and O–H groups in total. The van der Waals surface area contributed by atoms with Gasteiger partial charge in [0.2, 0.25) is 5.91 Å². The molecule has 1 aromatic carbocycles. The topological polar surface area (TPSA) is 78.7 Å². The first-order valence-electron chi connectivity index (χ1n) is 9.80. The number of thiophene rings is 1. The molecule has 0 bridgehead atoms. The number of carbonyl (C=O) groups is 2. The van der Waals surface area contributed by atoms with Gasteiger partial charge in [-0.25, -0.2) is 0 Å². The Morgan fingerprint density at radius 3 is 2.61 bits per heavy atom. The van der Waals surface area contributed by atoms with Crippen LogP contribution >= 0.6 is 11.3 Å². The minimum Gasteiger partial charge on any atom is -0.369 e. The summed E-state index contributed by atoms with van der Waals surface area (Å²) >= 11 is 1.51. The van der Waals surface area contributed by atoms with Crippen molar-refractivity contribution in [2.24, 2.45) is 5.73 Å². The summed E-state index contributed by atoms with van der Waals surface area (Å²) in [5, 5.41) is 3.57. The van der Waals surface area contributed by atoms with Gasteiger partial charge in [0.05, 0.1) is 12.1 Å². The lowest BCUT2D eigenvalue weighted by Gasteiger charge is -2.36. The van der Waals surface area contributed by atoms with Gasteiger partial charge in [0.1, 0.15) is 5.00 Å². The van der Waals surface area contributed by atoms with Crippen molar-refractivity contribution in [3.63, 3.8) is 0 Å². The smallest absolute Gasteiger partial charge is 0.251 e. The predicted octanol–water partition coefficient (Wildman–Crippen LogP) is 2.40. The lowest BCUT2D eigenvalue weighted by molar-refractivity contribution is -0.117. The van der Waals surface area contributed by atoms with Crippen molar-refractivity contribution in [1.82, 2.24) is 4.90 Å². The summed E-state index contributed by atoms with van der Waals surface area (Å²) < 4.78 is 0. The molecule has 2 aromatic rings. The number of nitrogens with one attached hydrogen (secondary N) is 1. The number of fused-ring (bicyclic) bond motifs is 1. The zero-order valence-corrected chi connectivity index (χ0v) is 17.0. The average molecular weight is 399 g/mol. The summed E-state index contributed by atoms with van der Waals surface area (Å²) in [5.74, 6) is -0.520. The second kappa shape index (κ2) is 7.93. The molecule has 1 aromatic heterocycles. The van der Waals surface area contributed by atoms with Gasteiger partial charge in [0.25, 0.3) is 5.91 Å². The lowest BCUT2D eigenvalue weighted by atomic mass is 10.1. The Balaban J connectivity index is 1.35. The van der Waals surface area contributed by atoms with Gasteiger partial charge in [-0.05, 0) is 43.4 Å². The van der Waals surface area contributed by atoms with E-state index in [2.05, 4.69) is 46.3 Å². The van der Waals surface area contributed by atoms with E-state index in [1.165, 1.54) is 27.5 Å². The van der Waals surface area contributed by atoms with Gasteiger partial charge >= 0.3 is 0 Å². The third kappa shape index (κ3) is 3.77. The quantitative estimate of drug-likeness (QED) is 0.811. The highest BCUT2D eigenvalue weighted by molar-refractivity contribution is 7.17. The van der Waals surface area contributed by atoms with Crippen LogP contribution in [0.15, 0.2) is 24.3 Å². The van der Waals surface area contributed by atoms with Crippen LogP contribution in [0, 0.1) is 6.92 Å². The SMILES string of the molecule is Cc1ccccc1N1CCN(CC(=O)Nc2sc3c(c2C(N)=O)CCC3)CC1. The molecule has 1 aliphatic carbocycles. The molecule has 6 nitrogen and oxygen atoms in total. The molecule has 28 heavy (non-hydrogen) atoms. The maximum absolute atomic E-state index is 12.6. The van der Waals surface area contributed by atoms with E-state index >= 15 is 0 Å². The van der Waals surface area contributed by atoms with Crippen LogP contribution in [-0.4, -0.2) is 49.4 Å². The van der Waals surface area contributed by atoms with Crippen LogP contribution in [0.1, 0.15) is 32.8 Å². The van der Waals surface area contributed by atoms with Gasteiger partial charge in [-0.3, -0.25) is 14.5 Å². The first kappa shape index (κ1) is 19.0. The number of piperazine rings is 1. The number of hydrogen-bond acceptors (Lipinski definition) is 5. The highest BCUT2D eigenvalue weighted by Crippen LogP contribution is 2.38. The van der Waals surface area contributed by atoms with Crippen molar-refractivity contribution >= 4 is 33.8 Å². The minimum atomic E-state index is -0.443. The number of amides is 2. The Morgan fingerprint density at radius 1 is 1.14 bits per heavy atom. The van der Waals surface area contributed by atoms with Crippen LogP contribution in [0.2, 0.25) is 0 Å². The molecule has 0 saturated carbocycles. The third-order valence-corrected chi connectivity index (χ3v) is 6.82. The van der Waals surface area contributed by atoms with E-state index in [9.17, 15) is 9.59 Å². The average Bonchev–Trinajstić information content (AvgIpc) is 3.23. The number of aryl methyl sites for hydroxylation is 2. The molecule has 7 heteroatoms. The molecule has 2 amide bonds. The molecule has 4 rings (SSSR count). The number of anilines is 2. The van der Waals surface area contributed by atoms with Crippen LogP contribution in [0.3, 0.4) is 0 Å². The monoisotopic (exact) mass is 398 g/mol. The molecule has 148 valence electrons. The van der Waals surface area contributed by atoms with Crippen molar-refractivity contribution in [1.29, 1.82) is 0 Å². The van der Waals surface area contributed by atoms with E-state index in [0.717, 1.165) is 51.0 Å². The Bertz CT molecular complexity index is 900. The lowest BCUT2D eigenvalue weighted by Crippen LogP contribution is -2.48. The zero-order chi connectivity index (χ0) is 19.7. The Labute approximate surface area is 169 Å². The molecule has 2 aliphatic rings. The Hall–Kier alpha value is -2.38. The van der Waals surface area contributed by atoms with Gasteiger partial charge in [0.15, 0.2) is 0 Å². The van der Waals surface area contributed by atoms with Gasteiger partial charge in [-0.1, -0.05) is 18.2 Å². The Morgan fingerprint density at radius 2 is 1.89 bits per heavy atom. The van der Waals surface area contributed by atoms with E-state index in [-0.39, 0.29) is 5.91 Å². The molecule has 0 unspecified atom stereocenters. The first-order chi connectivity index (χ1) is 13.5. The Kier molecular flexibility index (Phi) is 5.37.